The van der Waals surface area contributed by atoms with Gasteiger partial charge in [-0.1, -0.05) is 23.4 Å². The number of carboxylic acid groups (broad SMARTS) is 1. The minimum Gasteiger partial charge on any atom is -0.481 e. The SMILES string of the molecule is N#Cc1nnn(-c2ccc(CC(=O)O)cc2)c1-c1cccs1. The Balaban J connectivity index is 2.04. The van der Waals surface area contributed by atoms with Crippen molar-refractivity contribution in [3.8, 4) is 22.3 Å². The molecule has 0 atom stereocenters. The smallest absolute Gasteiger partial charge is 0.307 e. The van der Waals surface area contributed by atoms with E-state index < -0.39 is 5.97 Å². The van der Waals surface area contributed by atoms with E-state index in [-0.39, 0.29) is 12.1 Å². The van der Waals surface area contributed by atoms with Gasteiger partial charge in [-0.05, 0) is 29.1 Å². The van der Waals surface area contributed by atoms with Crippen LogP contribution >= 0.6 is 11.3 Å². The first-order valence-electron chi connectivity index (χ1n) is 6.40. The van der Waals surface area contributed by atoms with Crippen molar-refractivity contribution in [1.29, 1.82) is 5.26 Å². The number of thiophene rings is 1. The molecule has 0 fully saturated rings. The number of nitriles is 1. The average Bonchev–Trinajstić information content (AvgIpc) is 3.16. The molecule has 0 radical (unpaired) electrons. The first-order valence-corrected chi connectivity index (χ1v) is 7.28. The van der Waals surface area contributed by atoms with Gasteiger partial charge in [0.2, 0.25) is 0 Å². The summed E-state index contributed by atoms with van der Waals surface area (Å²) in [6, 6.07) is 12.8. The molecular weight excluding hydrogens is 300 g/mol. The molecule has 0 saturated carbocycles. The van der Waals surface area contributed by atoms with Crippen LogP contribution in [0.5, 0.6) is 0 Å². The summed E-state index contributed by atoms with van der Waals surface area (Å²) in [5.41, 5.74) is 2.33. The van der Waals surface area contributed by atoms with Crippen LogP contribution < -0.4 is 0 Å². The van der Waals surface area contributed by atoms with E-state index in [1.54, 1.807) is 28.9 Å². The molecule has 3 aromatic rings. The Morgan fingerprint density at radius 2 is 2.09 bits per heavy atom. The molecule has 0 saturated heterocycles. The molecule has 0 amide bonds. The normalized spacial score (nSPS) is 10.3. The Kier molecular flexibility index (Phi) is 3.68. The van der Waals surface area contributed by atoms with Gasteiger partial charge in [0.05, 0.1) is 17.0 Å². The Hall–Kier alpha value is -2.98. The Bertz CT molecular complexity index is 845. The highest BCUT2D eigenvalue weighted by Crippen LogP contribution is 2.28. The number of carboxylic acids is 1. The van der Waals surface area contributed by atoms with E-state index in [0.29, 0.717) is 11.3 Å². The first-order chi connectivity index (χ1) is 10.7. The molecule has 0 aliphatic rings. The Labute approximate surface area is 129 Å². The molecule has 3 rings (SSSR count). The third-order valence-corrected chi connectivity index (χ3v) is 3.94. The molecule has 0 unspecified atom stereocenters. The number of hydrogen-bond donors (Lipinski definition) is 1. The van der Waals surface area contributed by atoms with Crippen LogP contribution in [0.25, 0.3) is 16.3 Å². The summed E-state index contributed by atoms with van der Waals surface area (Å²) in [7, 11) is 0. The number of aromatic nitrogens is 3. The van der Waals surface area contributed by atoms with Gasteiger partial charge in [0, 0.05) is 0 Å². The molecule has 7 heteroatoms. The largest absolute Gasteiger partial charge is 0.481 e. The van der Waals surface area contributed by atoms with Gasteiger partial charge in [-0.15, -0.1) is 16.4 Å². The number of carbonyl (C=O) groups is 1. The fourth-order valence-corrected chi connectivity index (χ4v) is 2.86. The van der Waals surface area contributed by atoms with Crippen LogP contribution in [0.1, 0.15) is 11.3 Å². The summed E-state index contributed by atoms with van der Waals surface area (Å²) in [5, 5.41) is 27.9. The number of nitrogens with zero attached hydrogens (tertiary/aromatic N) is 4. The van der Waals surface area contributed by atoms with E-state index in [4.69, 9.17) is 5.11 Å². The highest BCUT2D eigenvalue weighted by atomic mass is 32.1. The van der Waals surface area contributed by atoms with Gasteiger partial charge < -0.3 is 5.11 Å². The minimum atomic E-state index is -0.875. The minimum absolute atomic E-state index is 0.0289. The second-order valence-electron chi connectivity index (χ2n) is 4.52. The zero-order chi connectivity index (χ0) is 15.5. The lowest BCUT2D eigenvalue weighted by Crippen LogP contribution is -2.02. The molecule has 0 aliphatic carbocycles. The van der Waals surface area contributed by atoms with Gasteiger partial charge in [0.25, 0.3) is 0 Å². The topological polar surface area (TPSA) is 91.8 Å². The van der Waals surface area contributed by atoms with Crippen molar-refractivity contribution < 1.29 is 9.90 Å². The van der Waals surface area contributed by atoms with Gasteiger partial charge in [-0.2, -0.15) is 5.26 Å². The maximum atomic E-state index is 10.7. The maximum absolute atomic E-state index is 10.7. The number of benzene rings is 1. The predicted octanol–water partition coefficient (Wildman–Crippen LogP) is 2.49. The summed E-state index contributed by atoms with van der Waals surface area (Å²) in [5.74, 6) is -0.875. The quantitative estimate of drug-likeness (QED) is 0.799. The molecular formula is C15H10N4O2S. The zero-order valence-corrected chi connectivity index (χ0v) is 12.1. The van der Waals surface area contributed by atoms with Crippen LogP contribution in [0.15, 0.2) is 41.8 Å². The first kappa shape index (κ1) is 14.0. The third-order valence-electron chi connectivity index (χ3n) is 3.07. The van der Waals surface area contributed by atoms with E-state index in [1.165, 1.54) is 11.3 Å². The second-order valence-corrected chi connectivity index (χ2v) is 5.47. The molecule has 108 valence electrons. The lowest BCUT2D eigenvalue weighted by Gasteiger charge is -2.06. The lowest BCUT2D eigenvalue weighted by atomic mass is 10.1. The molecule has 22 heavy (non-hydrogen) atoms. The Morgan fingerprint density at radius 3 is 2.68 bits per heavy atom. The monoisotopic (exact) mass is 310 g/mol. The van der Waals surface area contributed by atoms with E-state index in [2.05, 4.69) is 10.3 Å². The molecule has 1 N–H and O–H groups in total. The van der Waals surface area contributed by atoms with Gasteiger partial charge in [-0.3, -0.25) is 4.79 Å². The molecule has 0 spiro atoms. The molecule has 2 heterocycles. The summed E-state index contributed by atoms with van der Waals surface area (Å²) < 4.78 is 1.59. The number of rotatable bonds is 4. The van der Waals surface area contributed by atoms with Crippen LogP contribution in [0.3, 0.4) is 0 Å². The van der Waals surface area contributed by atoms with Crippen molar-refractivity contribution in [2.75, 3.05) is 0 Å². The van der Waals surface area contributed by atoms with Crippen molar-refractivity contribution in [1.82, 2.24) is 15.0 Å². The highest BCUT2D eigenvalue weighted by Gasteiger charge is 2.17. The maximum Gasteiger partial charge on any atom is 0.307 e. The summed E-state index contributed by atoms with van der Waals surface area (Å²) in [6.45, 7) is 0. The van der Waals surface area contributed by atoms with Crippen LogP contribution in [0, 0.1) is 11.3 Å². The molecule has 0 aliphatic heterocycles. The van der Waals surface area contributed by atoms with E-state index in [9.17, 15) is 10.1 Å². The molecule has 2 aromatic heterocycles. The molecule has 6 nitrogen and oxygen atoms in total. The molecule has 0 bridgehead atoms. The van der Waals surface area contributed by atoms with Crippen molar-refractivity contribution in [2.24, 2.45) is 0 Å². The van der Waals surface area contributed by atoms with Crippen LogP contribution in [-0.4, -0.2) is 26.1 Å². The summed E-state index contributed by atoms with van der Waals surface area (Å²) in [6.07, 6.45) is -0.0289. The summed E-state index contributed by atoms with van der Waals surface area (Å²) >= 11 is 1.50. The van der Waals surface area contributed by atoms with Crippen molar-refractivity contribution in [2.45, 2.75) is 6.42 Å². The van der Waals surface area contributed by atoms with Crippen molar-refractivity contribution in [3.05, 3.63) is 53.0 Å². The van der Waals surface area contributed by atoms with E-state index >= 15 is 0 Å². The van der Waals surface area contributed by atoms with Gasteiger partial charge in [0.15, 0.2) is 5.69 Å². The number of hydrogen-bond acceptors (Lipinski definition) is 5. The van der Waals surface area contributed by atoms with Crippen molar-refractivity contribution in [3.63, 3.8) is 0 Å². The van der Waals surface area contributed by atoms with Gasteiger partial charge >= 0.3 is 5.97 Å². The van der Waals surface area contributed by atoms with Gasteiger partial charge in [0.1, 0.15) is 11.8 Å². The molecule has 1 aromatic carbocycles. The fraction of sp³-hybridized carbons (Fsp3) is 0.0667. The van der Waals surface area contributed by atoms with Crippen LogP contribution in [-0.2, 0) is 11.2 Å². The lowest BCUT2D eigenvalue weighted by molar-refractivity contribution is -0.136. The second kappa shape index (κ2) is 5.79. The fourth-order valence-electron chi connectivity index (χ4n) is 2.10. The van der Waals surface area contributed by atoms with Gasteiger partial charge in [-0.25, -0.2) is 4.68 Å². The average molecular weight is 310 g/mol. The zero-order valence-electron chi connectivity index (χ0n) is 11.3. The third kappa shape index (κ3) is 2.60. The number of aliphatic carboxylic acids is 1. The highest BCUT2D eigenvalue weighted by molar-refractivity contribution is 7.13. The predicted molar refractivity (Wildman–Crippen MR) is 80.7 cm³/mol. The van der Waals surface area contributed by atoms with E-state index in [0.717, 1.165) is 10.6 Å². The standard InChI is InChI=1S/C15H10N4O2S/c16-9-12-15(13-2-1-7-22-13)19(18-17-12)11-5-3-10(4-6-11)8-14(20)21/h1-7H,8H2,(H,20,21). The van der Waals surface area contributed by atoms with Crippen LogP contribution in [0.4, 0.5) is 0 Å². The van der Waals surface area contributed by atoms with E-state index in [1.807, 2.05) is 23.6 Å². The van der Waals surface area contributed by atoms with Crippen LogP contribution in [0.2, 0.25) is 0 Å². The Morgan fingerprint density at radius 1 is 1.32 bits per heavy atom. The summed E-state index contributed by atoms with van der Waals surface area (Å²) in [4.78, 5) is 11.6. The van der Waals surface area contributed by atoms with Crippen molar-refractivity contribution >= 4 is 17.3 Å².